The number of amides is 2. The Morgan fingerprint density at radius 2 is 2.04 bits per heavy atom. The van der Waals surface area contributed by atoms with Gasteiger partial charge in [0.15, 0.2) is 5.89 Å². The maximum atomic E-state index is 12.7. The number of rotatable bonds is 5. The van der Waals surface area contributed by atoms with Crippen LogP contribution in [0, 0.1) is 24.2 Å². The number of nitrogens with zero attached hydrogens (tertiary/aromatic N) is 5. The van der Waals surface area contributed by atoms with E-state index in [9.17, 15) is 14.9 Å². The number of hydrogen-bond acceptors (Lipinski definition) is 7. The number of carbonyl (C=O) groups excluding carboxylic acids is 2. The molecule has 0 spiro atoms. The van der Waals surface area contributed by atoms with Crippen LogP contribution < -0.4 is 10.2 Å². The molecule has 0 bridgehead atoms. The Bertz CT molecular complexity index is 747. The minimum atomic E-state index is -0.0301. The van der Waals surface area contributed by atoms with Crippen LogP contribution in [0.1, 0.15) is 31.4 Å². The molecule has 1 atom stereocenters. The highest BCUT2D eigenvalue weighted by Crippen LogP contribution is 2.23. The van der Waals surface area contributed by atoms with E-state index < -0.39 is 0 Å². The van der Waals surface area contributed by atoms with Crippen molar-refractivity contribution < 1.29 is 14.0 Å². The number of hydrogen-bond donors (Lipinski definition) is 1. The van der Waals surface area contributed by atoms with E-state index in [1.54, 1.807) is 6.92 Å². The first-order valence-corrected chi connectivity index (χ1v) is 9.92. The number of likely N-dealkylation sites (tertiary alicyclic amines) is 1. The van der Waals surface area contributed by atoms with E-state index in [4.69, 9.17) is 4.42 Å². The molecule has 2 aliphatic heterocycles. The molecule has 0 radical (unpaired) electrons. The third kappa shape index (κ3) is 4.62. The number of aryl methyl sites for hydroxylation is 1. The molecule has 2 aliphatic rings. The number of aromatic nitrogens is 1. The molecular weight excluding hydrogens is 360 g/mol. The first-order chi connectivity index (χ1) is 13.5. The van der Waals surface area contributed by atoms with Crippen LogP contribution in [0.4, 0.5) is 5.88 Å². The highest BCUT2D eigenvalue weighted by Gasteiger charge is 2.29. The molecule has 1 N–H and O–H groups in total. The highest BCUT2D eigenvalue weighted by molar-refractivity contribution is 5.80. The highest BCUT2D eigenvalue weighted by atomic mass is 16.4. The molecule has 3 heterocycles. The second-order valence-corrected chi connectivity index (χ2v) is 7.34. The van der Waals surface area contributed by atoms with Crippen molar-refractivity contribution in [1.29, 1.82) is 5.26 Å². The van der Waals surface area contributed by atoms with Gasteiger partial charge >= 0.3 is 0 Å². The van der Waals surface area contributed by atoms with Gasteiger partial charge in [0.2, 0.25) is 23.4 Å². The lowest BCUT2D eigenvalue weighted by Gasteiger charge is -2.37. The van der Waals surface area contributed by atoms with Gasteiger partial charge in [-0.2, -0.15) is 5.26 Å². The maximum absolute atomic E-state index is 12.7. The second kappa shape index (κ2) is 9.06. The van der Waals surface area contributed by atoms with Crippen LogP contribution >= 0.6 is 0 Å². The van der Waals surface area contributed by atoms with Gasteiger partial charge in [0, 0.05) is 46.2 Å². The monoisotopic (exact) mass is 388 g/mol. The fraction of sp³-hybridized carbons (Fsp3) is 0.684. The van der Waals surface area contributed by atoms with E-state index in [0.717, 1.165) is 19.4 Å². The molecule has 2 fully saturated rings. The van der Waals surface area contributed by atoms with Gasteiger partial charge < -0.3 is 19.5 Å². The summed E-state index contributed by atoms with van der Waals surface area (Å²) in [5.41, 5.74) is 0.294. The van der Waals surface area contributed by atoms with E-state index in [1.165, 1.54) is 0 Å². The SMILES string of the molecule is CCNC(=O)C1CCCN(CC(=O)N2CCN(c3oc(C)nc3C#N)CC2)C1. The number of nitriles is 1. The zero-order valence-corrected chi connectivity index (χ0v) is 16.6. The number of piperazine rings is 1. The molecular formula is C19H28N6O3. The molecule has 0 aromatic carbocycles. The number of carbonyl (C=O) groups is 2. The molecule has 0 aliphatic carbocycles. The van der Waals surface area contributed by atoms with Crippen molar-refractivity contribution in [3.8, 4) is 6.07 Å². The van der Waals surface area contributed by atoms with Crippen molar-refractivity contribution in [2.75, 3.05) is 57.3 Å². The zero-order valence-electron chi connectivity index (χ0n) is 16.6. The quantitative estimate of drug-likeness (QED) is 0.776. The smallest absolute Gasteiger partial charge is 0.236 e. The fourth-order valence-electron chi connectivity index (χ4n) is 3.89. The van der Waals surface area contributed by atoms with Crippen LogP contribution in [0.2, 0.25) is 0 Å². The third-order valence-electron chi connectivity index (χ3n) is 5.33. The lowest BCUT2D eigenvalue weighted by Crippen LogP contribution is -2.52. The first-order valence-electron chi connectivity index (χ1n) is 9.92. The van der Waals surface area contributed by atoms with Gasteiger partial charge in [-0.05, 0) is 26.3 Å². The Balaban J connectivity index is 1.50. The Morgan fingerprint density at radius 3 is 2.71 bits per heavy atom. The van der Waals surface area contributed by atoms with Crippen LogP contribution in [0.3, 0.4) is 0 Å². The fourth-order valence-corrected chi connectivity index (χ4v) is 3.89. The molecule has 2 saturated heterocycles. The van der Waals surface area contributed by atoms with Crippen molar-refractivity contribution in [2.45, 2.75) is 26.7 Å². The van der Waals surface area contributed by atoms with Gasteiger partial charge in [-0.15, -0.1) is 0 Å². The molecule has 152 valence electrons. The zero-order chi connectivity index (χ0) is 20.1. The summed E-state index contributed by atoms with van der Waals surface area (Å²) < 4.78 is 5.56. The summed E-state index contributed by atoms with van der Waals surface area (Å²) in [6, 6.07) is 2.06. The van der Waals surface area contributed by atoms with Crippen LogP contribution in [0.25, 0.3) is 0 Å². The topological polar surface area (TPSA) is 106 Å². The molecule has 9 nitrogen and oxygen atoms in total. The number of piperidine rings is 1. The van der Waals surface area contributed by atoms with Crippen LogP contribution in [0.5, 0.6) is 0 Å². The summed E-state index contributed by atoms with van der Waals surface area (Å²) in [4.78, 5) is 34.8. The Labute approximate surface area is 165 Å². The third-order valence-corrected chi connectivity index (χ3v) is 5.33. The number of anilines is 1. The average Bonchev–Trinajstić information content (AvgIpc) is 3.09. The summed E-state index contributed by atoms with van der Waals surface area (Å²) in [6.07, 6.45) is 1.82. The summed E-state index contributed by atoms with van der Waals surface area (Å²) in [7, 11) is 0. The molecule has 9 heteroatoms. The van der Waals surface area contributed by atoms with E-state index in [2.05, 4.69) is 21.3 Å². The number of oxazole rings is 1. The van der Waals surface area contributed by atoms with Gasteiger partial charge in [0.05, 0.1) is 12.5 Å². The summed E-state index contributed by atoms with van der Waals surface area (Å²) in [5, 5.41) is 12.1. The maximum Gasteiger partial charge on any atom is 0.236 e. The van der Waals surface area contributed by atoms with Crippen molar-refractivity contribution in [2.24, 2.45) is 5.92 Å². The lowest BCUT2D eigenvalue weighted by molar-refractivity contribution is -0.135. The van der Waals surface area contributed by atoms with Crippen molar-refractivity contribution in [1.82, 2.24) is 20.1 Å². The summed E-state index contributed by atoms with van der Waals surface area (Å²) >= 11 is 0. The standard InChI is InChI=1S/C19H28N6O3/c1-3-21-18(27)15-5-4-6-23(12-15)13-17(26)24-7-9-25(10-8-24)19-16(11-20)22-14(2)28-19/h15H,3-10,12-13H2,1-2H3,(H,21,27). The largest absolute Gasteiger partial charge is 0.424 e. The minimum absolute atomic E-state index is 0.0301. The molecule has 28 heavy (non-hydrogen) atoms. The first kappa shape index (κ1) is 20.1. The summed E-state index contributed by atoms with van der Waals surface area (Å²) in [6.45, 7) is 8.49. The number of nitrogens with one attached hydrogen (secondary N) is 1. The predicted molar refractivity (Wildman–Crippen MR) is 103 cm³/mol. The van der Waals surface area contributed by atoms with Gasteiger partial charge in [-0.3, -0.25) is 14.5 Å². The van der Waals surface area contributed by atoms with Crippen molar-refractivity contribution >= 4 is 17.7 Å². The normalized spacial score (nSPS) is 20.7. The van der Waals surface area contributed by atoms with E-state index in [1.807, 2.05) is 16.7 Å². The van der Waals surface area contributed by atoms with E-state index in [0.29, 0.717) is 63.3 Å². The Kier molecular flexibility index (Phi) is 6.52. The van der Waals surface area contributed by atoms with E-state index >= 15 is 0 Å². The molecule has 1 unspecified atom stereocenters. The van der Waals surface area contributed by atoms with Crippen LogP contribution in [-0.4, -0.2) is 79.0 Å². The molecule has 1 aromatic heterocycles. The minimum Gasteiger partial charge on any atom is -0.424 e. The predicted octanol–water partition coefficient (Wildman–Crippen LogP) is 0.351. The van der Waals surface area contributed by atoms with Gasteiger partial charge in [0.1, 0.15) is 6.07 Å². The summed E-state index contributed by atoms with van der Waals surface area (Å²) in [5.74, 6) is 1.11. The molecule has 3 rings (SSSR count). The lowest BCUT2D eigenvalue weighted by atomic mass is 9.97. The van der Waals surface area contributed by atoms with Crippen molar-refractivity contribution in [3.05, 3.63) is 11.6 Å². The molecule has 0 saturated carbocycles. The Hall–Kier alpha value is -2.60. The van der Waals surface area contributed by atoms with E-state index in [-0.39, 0.29) is 17.7 Å². The second-order valence-electron chi connectivity index (χ2n) is 7.34. The van der Waals surface area contributed by atoms with Gasteiger partial charge in [0.25, 0.3) is 0 Å². The van der Waals surface area contributed by atoms with Gasteiger partial charge in [-0.25, -0.2) is 4.98 Å². The molecule has 1 aromatic rings. The Morgan fingerprint density at radius 1 is 1.29 bits per heavy atom. The van der Waals surface area contributed by atoms with Crippen LogP contribution in [-0.2, 0) is 9.59 Å². The molecule has 2 amide bonds. The van der Waals surface area contributed by atoms with Crippen LogP contribution in [0.15, 0.2) is 4.42 Å². The van der Waals surface area contributed by atoms with Gasteiger partial charge in [-0.1, -0.05) is 0 Å². The van der Waals surface area contributed by atoms with Crippen molar-refractivity contribution in [3.63, 3.8) is 0 Å². The average molecular weight is 388 g/mol.